The van der Waals surface area contributed by atoms with Gasteiger partial charge in [-0.05, 0) is 30.2 Å². The lowest BCUT2D eigenvalue weighted by atomic mass is 10.1. The predicted molar refractivity (Wildman–Crippen MR) is 129 cm³/mol. The van der Waals surface area contributed by atoms with E-state index in [0.29, 0.717) is 28.2 Å². The van der Waals surface area contributed by atoms with Crippen LogP contribution in [0.5, 0.6) is 0 Å². The van der Waals surface area contributed by atoms with Gasteiger partial charge in [0, 0.05) is 12.2 Å². The first-order valence-electron chi connectivity index (χ1n) is 10.1. The number of nitrogens with one attached hydrogen (secondary N) is 2. The summed E-state index contributed by atoms with van der Waals surface area (Å²) in [7, 11) is 0. The number of hydrogen-bond acceptors (Lipinski definition) is 5. The molecule has 2 N–H and O–H groups in total. The Morgan fingerprint density at radius 2 is 1.75 bits per heavy atom. The molecule has 166 valence electrons. The van der Waals surface area contributed by atoms with Crippen LogP contribution in [0.2, 0.25) is 5.02 Å². The Balaban J connectivity index is 1.64. The topological polar surface area (TPSA) is 88.9 Å². The first kappa shape index (κ1) is 23.6. The minimum atomic E-state index is -0.263. The summed E-state index contributed by atoms with van der Waals surface area (Å²) in [6.45, 7) is 6.23. The number of thioether (sulfide) groups is 1. The number of carbonyl (C=O) groups excluding carboxylic acids is 2. The van der Waals surface area contributed by atoms with E-state index in [4.69, 9.17) is 11.6 Å². The number of anilines is 2. The lowest BCUT2D eigenvalue weighted by Gasteiger charge is -2.10. The van der Waals surface area contributed by atoms with Crippen LogP contribution < -0.4 is 10.6 Å². The first-order chi connectivity index (χ1) is 15.5. The van der Waals surface area contributed by atoms with Gasteiger partial charge in [0.15, 0.2) is 5.16 Å². The zero-order valence-corrected chi connectivity index (χ0v) is 19.2. The fourth-order valence-corrected chi connectivity index (χ4v) is 3.99. The van der Waals surface area contributed by atoms with Gasteiger partial charge in [-0.25, -0.2) is 0 Å². The third-order valence-electron chi connectivity index (χ3n) is 4.58. The van der Waals surface area contributed by atoms with Crippen LogP contribution in [0, 0.1) is 0 Å². The standard InChI is InChI=1S/C23H24ClN5O2S/c1-3-13-29-20(14-21(30)26-19-12-8-6-10-17(19)24)27-28-23(29)32-15-22(31)25-18-11-7-5-9-16(18)4-2/h3,5-12H,1,4,13-15H2,2H3,(H,25,31)(H,26,30). The molecule has 3 rings (SSSR count). The van der Waals surface area contributed by atoms with Crippen LogP contribution >= 0.6 is 23.4 Å². The molecule has 3 aromatic rings. The van der Waals surface area contributed by atoms with E-state index in [9.17, 15) is 9.59 Å². The van der Waals surface area contributed by atoms with Gasteiger partial charge in [-0.3, -0.25) is 9.59 Å². The first-order valence-corrected chi connectivity index (χ1v) is 11.5. The van der Waals surface area contributed by atoms with Crippen molar-refractivity contribution in [2.75, 3.05) is 16.4 Å². The molecule has 0 fully saturated rings. The van der Waals surface area contributed by atoms with Crippen LogP contribution in [0.1, 0.15) is 18.3 Å². The Hall–Kier alpha value is -3.10. The molecule has 0 aliphatic heterocycles. The van der Waals surface area contributed by atoms with Gasteiger partial charge in [-0.1, -0.05) is 66.7 Å². The zero-order valence-electron chi connectivity index (χ0n) is 17.7. The van der Waals surface area contributed by atoms with Crippen LogP contribution in [0.25, 0.3) is 0 Å². The molecule has 0 saturated heterocycles. The van der Waals surface area contributed by atoms with Crippen molar-refractivity contribution in [3.8, 4) is 0 Å². The Morgan fingerprint density at radius 3 is 2.47 bits per heavy atom. The van der Waals surface area contributed by atoms with E-state index in [1.807, 2.05) is 31.2 Å². The molecule has 0 bridgehead atoms. The predicted octanol–water partition coefficient (Wildman–Crippen LogP) is 4.59. The number of nitrogens with zero attached hydrogens (tertiary/aromatic N) is 3. The molecule has 0 aliphatic rings. The summed E-state index contributed by atoms with van der Waals surface area (Å²) in [5.41, 5.74) is 2.42. The van der Waals surface area contributed by atoms with E-state index in [-0.39, 0.29) is 24.0 Å². The van der Waals surface area contributed by atoms with Gasteiger partial charge in [-0.2, -0.15) is 0 Å². The second-order valence-electron chi connectivity index (χ2n) is 6.85. The summed E-state index contributed by atoms with van der Waals surface area (Å²) in [6.07, 6.45) is 2.54. The number of aromatic nitrogens is 3. The van der Waals surface area contributed by atoms with Crippen molar-refractivity contribution in [1.29, 1.82) is 0 Å². The smallest absolute Gasteiger partial charge is 0.234 e. The normalized spacial score (nSPS) is 10.6. The maximum absolute atomic E-state index is 12.5. The monoisotopic (exact) mass is 469 g/mol. The van der Waals surface area contributed by atoms with Crippen LogP contribution in [0.3, 0.4) is 0 Å². The van der Waals surface area contributed by atoms with Gasteiger partial charge in [0.1, 0.15) is 5.82 Å². The highest BCUT2D eigenvalue weighted by molar-refractivity contribution is 7.99. The molecule has 0 spiro atoms. The van der Waals surface area contributed by atoms with Crippen LogP contribution in [0.15, 0.2) is 66.3 Å². The second kappa shape index (κ2) is 11.5. The number of benzene rings is 2. The summed E-state index contributed by atoms with van der Waals surface area (Å²) in [6, 6.07) is 14.7. The Kier molecular flexibility index (Phi) is 8.47. The van der Waals surface area contributed by atoms with E-state index in [2.05, 4.69) is 27.4 Å². The van der Waals surface area contributed by atoms with Crippen molar-refractivity contribution >= 4 is 46.6 Å². The number of allylic oxidation sites excluding steroid dienone is 1. The summed E-state index contributed by atoms with van der Waals surface area (Å²) < 4.78 is 1.77. The molecular formula is C23H24ClN5O2S. The molecule has 7 nitrogen and oxygen atoms in total. The van der Waals surface area contributed by atoms with Gasteiger partial charge >= 0.3 is 0 Å². The molecule has 1 aromatic heterocycles. The number of halogens is 1. The summed E-state index contributed by atoms with van der Waals surface area (Å²) in [5.74, 6) is 0.246. The largest absolute Gasteiger partial charge is 0.325 e. The third kappa shape index (κ3) is 6.21. The van der Waals surface area contributed by atoms with E-state index in [0.717, 1.165) is 17.7 Å². The number of para-hydroxylation sites is 2. The molecule has 9 heteroatoms. The van der Waals surface area contributed by atoms with Gasteiger partial charge in [0.25, 0.3) is 0 Å². The average Bonchev–Trinajstić information content (AvgIpc) is 3.15. The van der Waals surface area contributed by atoms with Crippen molar-refractivity contribution in [2.24, 2.45) is 0 Å². The van der Waals surface area contributed by atoms with Gasteiger partial charge < -0.3 is 15.2 Å². The van der Waals surface area contributed by atoms with Gasteiger partial charge in [0.2, 0.25) is 11.8 Å². The summed E-state index contributed by atoms with van der Waals surface area (Å²) in [4.78, 5) is 24.9. The van der Waals surface area contributed by atoms with Crippen molar-refractivity contribution in [1.82, 2.24) is 14.8 Å². The molecular weight excluding hydrogens is 446 g/mol. The number of amides is 2. The minimum absolute atomic E-state index is 0.0166. The molecule has 0 saturated carbocycles. The average molecular weight is 470 g/mol. The number of aryl methyl sites for hydroxylation is 1. The van der Waals surface area contributed by atoms with Crippen LogP contribution in [0.4, 0.5) is 11.4 Å². The third-order valence-corrected chi connectivity index (χ3v) is 5.87. The van der Waals surface area contributed by atoms with Crippen molar-refractivity contribution in [3.63, 3.8) is 0 Å². The lowest BCUT2D eigenvalue weighted by Crippen LogP contribution is -2.18. The van der Waals surface area contributed by atoms with E-state index in [1.165, 1.54) is 11.8 Å². The van der Waals surface area contributed by atoms with Gasteiger partial charge in [-0.15, -0.1) is 16.8 Å². The van der Waals surface area contributed by atoms with Crippen LogP contribution in [-0.2, 0) is 29.0 Å². The Morgan fingerprint density at radius 1 is 1.06 bits per heavy atom. The summed E-state index contributed by atoms with van der Waals surface area (Å²) in [5, 5.41) is 15.0. The minimum Gasteiger partial charge on any atom is -0.325 e. The maximum Gasteiger partial charge on any atom is 0.234 e. The van der Waals surface area contributed by atoms with Crippen molar-refractivity contribution < 1.29 is 9.59 Å². The molecule has 0 atom stereocenters. The SMILES string of the molecule is C=CCn1c(CC(=O)Nc2ccccc2Cl)nnc1SCC(=O)Nc1ccccc1CC. The number of carbonyl (C=O) groups is 2. The maximum atomic E-state index is 12.5. The fraction of sp³-hybridized carbons (Fsp3) is 0.217. The molecule has 0 aliphatic carbocycles. The molecule has 0 unspecified atom stereocenters. The van der Waals surface area contributed by atoms with E-state index >= 15 is 0 Å². The fourth-order valence-electron chi connectivity index (χ4n) is 3.04. The number of hydrogen-bond donors (Lipinski definition) is 2. The Bertz CT molecular complexity index is 1120. The number of rotatable bonds is 10. The zero-order chi connectivity index (χ0) is 22.9. The second-order valence-corrected chi connectivity index (χ2v) is 8.20. The molecule has 0 radical (unpaired) electrons. The lowest BCUT2D eigenvalue weighted by molar-refractivity contribution is -0.116. The Labute approximate surface area is 196 Å². The van der Waals surface area contributed by atoms with Crippen molar-refractivity contribution in [2.45, 2.75) is 31.5 Å². The van der Waals surface area contributed by atoms with E-state index < -0.39 is 0 Å². The van der Waals surface area contributed by atoms with Gasteiger partial charge in [0.05, 0.1) is 22.9 Å². The van der Waals surface area contributed by atoms with Crippen LogP contribution in [-0.4, -0.2) is 32.3 Å². The molecule has 32 heavy (non-hydrogen) atoms. The molecule has 2 aromatic carbocycles. The summed E-state index contributed by atoms with van der Waals surface area (Å²) >= 11 is 7.36. The van der Waals surface area contributed by atoms with E-state index in [1.54, 1.807) is 34.9 Å². The molecule has 1 heterocycles. The highest BCUT2D eigenvalue weighted by Gasteiger charge is 2.17. The van der Waals surface area contributed by atoms with Crippen molar-refractivity contribution in [3.05, 3.63) is 77.6 Å². The highest BCUT2D eigenvalue weighted by atomic mass is 35.5. The highest BCUT2D eigenvalue weighted by Crippen LogP contribution is 2.22. The molecule has 2 amide bonds. The quantitative estimate of drug-likeness (QED) is 0.335.